The van der Waals surface area contributed by atoms with E-state index in [-0.39, 0.29) is 18.8 Å². The molecule has 160 valence electrons. The highest BCUT2D eigenvalue weighted by Gasteiger charge is 2.18. The summed E-state index contributed by atoms with van der Waals surface area (Å²) in [7, 11) is 1.59. The maximum Gasteiger partial charge on any atom is 0.306 e. The van der Waals surface area contributed by atoms with Crippen molar-refractivity contribution in [1.82, 2.24) is 5.32 Å². The SMILES string of the molecule is COc1ccc([C@H](NC(=O)COC(=O)CCc2ccc(F)cc2)c2ccccc2)cc1. The summed E-state index contributed by atoms with van der Waals surface area (Å²) in [4.78, 5) is 24.5. The third kappa shape index (κ3) is 6.67. The Morgan fingerprint density at radius 3 is 2.19 bits per heavy atom. The van der Waals surface area contributed by atoms with E-state index >= 15 is 0 Å². The van der Waals surface area contributed by atoms with Gasteiger partial charge in [-0.1, -0.05) is 54.6 Å². The Hall–Kier alpha value is -3.67. The Bertz CT molecular complexity index is 988. The molecule has 5 nitrogen and oxygen atoms in total. The van der Waals surface area contributed by atoms with Gasteiger partial charge < -0.3 is 14.8 Å². The average molecular weight is 421 g/mol. The first-order valence-electron chi connectivity index (χ1n) is 9.93. The molecule has 6 heteroatoms. The number of halogens is 1. The normalized spacial score (nSPS) is 11.4. The molecule has 1 amide bonds. The number of benzene rings is 3. The second-order valence-corrected chi connectivity index (χ2v) is 6.97. The van der Waals surface area contributed by atoms with E-state index in [1.54, 1.807) is 19.2 Å². The number of rotatable bonds is 9. The van der Waals surface area contributed by atoms with E-state index in [4.69, 9.17) is 9.47 Å². The van der Waals surface area contributed by atoms with Gasteiger partial charge in [-0.15, -0.1) is 0 Å². The molecule has 0 fully saturated rings. The number of esters is 1. The van der Waals surface area contributed by atoms with Crippen molar-refractivity contribution in [2.45, 2.75) is 18.9 Å². The van der Waals surface area contributed by atoms with Crippen LogP contribution in [-0.2, 0) is 20.7 Å². The smallest absolute Gasteiger partial charge is 0.306 e. The van der Waals surface area contributed by atoms with Gasteiger partial charge in [-0.05, 0) is 47.4 Å². The number of methoxy groups -OCH3 is 1. The van der Waals surface area contributed by atoms with Crippen LogP contribution in [0.25, 0.3) is 0 Å². The van der Waals surface area contributed by atoms with Gasteiger partial charge in [0.15, 0.2) is 6.61 Å². The van der Waals surface area contributed by atoms with Crippen molar-refractivity contribution in [3.05, 3.63) is 101 Å². The van der Waals surface area contributed by atoms with E-state index < -0.39 is 17.9 Å². The third-order valence-electron chi connectivity index (χ3n) is 4.78. The fourth-order valence-electron chi connectivity index (χ4n) is 3.12. The van der Waals surface area contributed by atoms with Crippen molar-refractivity contribution >= 4 is 11.9 Å². The molecule has 0 aromatic heterocycles. The van der Waals surface area contributed by atoms with E-state index in [0.29, 0.717) is 6.42 Å². The highest BCUT2D eigenvalue weighted by atomic mass is 19.1. The number of carbonyl (C=O) groups excluding carboxylic acids is 2. The summed E-state index contributed by atoms with van der Waals surface area (Å²) < 4.78 is 23.3. The van der Waals surface area contributed by atoms with E-state index in [1.165, 1.54) is 12.1 Å². The zero-order valence-electron chi connectivity index (χ0n) is 17.2. The van der Waals surface area contributed by atoms with Crippen molar-refractivity contribution < 1.29 is 23.5 Å². The van der Waals surface area contributed by atoms with Crippen LogP contribution < -0.4 is 10.1 Å². The molecule has 0 spiro atoms. The summed E-state index contributed by atoms with van der Waals surface area (Å²) in [5, 5.41) is 2.92. The van der Waals surface area contributed by atoms with Crippen LogP contribution in [0.15, 0.2) is 78.9 Å². The first kappa shape index (κ1) is 22.0. The van der Waals surface area contributed by atoms with E-state index in [2.05, 4.69) is 5.32 Å². The number of ether oxygens (including phenoxy) is 2. The van der Waals surface area contributed by atoms with Crippen LogP contribution in [0.2, 0.25) is 0 Å². The quantitative estimate of drug-likeness (QED) is 0.526. The molecule has 0 saturated heterocycles. The standard InChI is InChI=1S/C25H24FNO4/c1-30-22-14-10-20(11-15-22)25(19-5-3-2-4-6-19)27-23(28)17-31-24(29)16-9-18-7-12-21(26)13-8-18/h2-8,10-15,25H,9,16-17H2,1H3,(H,27,28)/t25-/m1/s1. The van der Waals surface area contributed by atoms with Crippen molar-refractivity contribution in [2.75, 3.05) is 13.7 Å². The van der Waals surface area contributed by atoms with E-state index in [0.717, 1.165) is 22.4 Å². The van der Waals surface area contributed by atoms with Crippen LogP contribution in [0.3, 0.4) is 0 Å². The minimum absolute atomic E-state index is 0.111. The van der Waals surface area contributed by atoms with Gasteiger partial charge >= 0.3 is 5.97 Å². The molecular formula is C25H24FNO4. The Kier molecular flexibility index (Phi) is 7.76. The van der Waals surface area contributed by atoms with Gasteiger partial charge in [-0.3, -0.25) is 9.59 Å². The molecule has 0 saturated carbocycles. The average Bonchev–Trinajstić information content (AvgIpc) is 2.81. The molecule has 3 rings (SSSR count). The summed E-state index contributed by atoms with van der Waals surface area (Å²) in [5.41, 5.74) is 2.61. The second kappa shape index (κ2) is 10.9. The molecule has 1 atom stereocenters. The first-order valence-corrected chi connectivity index (χ1v) is 9.93. The molecule has 31 heavy (non-hydrogen) atoms. The van der Waals surface area contributed by atoms with Crippen LogP contribution >= 0.6 is 0 Å². The van der Waals surface area contributed by atoms with Crippen LogP contribution in [0, 0.1) is 5.82 Å². The van der Waals surface area contributed by atoms with Gasteiger partial charge in [0.1, 0.15) is 11.6 Å². The maximum atomic E-state index is 12.9. The number of amides is 1. The third-order valence-corrected chi connectivity index (χ3v) is 4.78. The minimum atomic E-state index is -0.486. The molecular weight excluding hydrogens is 397 g/mol. The summed E-state index contributed by atoms with van der Waals surface area (Å²) in [5.74, 6) is -0.496. The predicted molar refractivity (Wildman–Crippen MR) is 115 cm³/mol. The largest absolute Gasteiger partial charge is 0.497 e. The molecule has 0 unspecified atom stereocenters. The lowest BCUT2D eigenvalue weighted by Gasteiger charge is -2.20. The van der Waals surface area contributed by atoms with E-state index in [1.807, 2.05) is 54.6 Å². The van der Waals surface area contributed by atoms with Gasteiger partial charge in [-0.2, -0.15) is 0 Å². The van der Waals surface area contributed by atoms with Crippen molar-refractivity contribution in [2.24, 2.45) is 0 Å². The zero-order valence-corrected chi connectivity index (χ0v) is 17.2. The molecule has 0 aliphatic heterocycles. The highest BCUT2D eigenvalue weighted by Crippen LogP contribution is 2.24. The molecule has 0 radical (unpaired) electrons. The van der Waals surface area contributed by atoms with Crippen LogP contribution in [0.1, 0.15) is 29.2 Å². The second-order valence-electron chi connectivity index (χ2n) is 6.97. The molecule has 1 N–H and O–H groups in total. The van der Waals surface area contributed by atoms with Gasteiger partial charge in [0, 0.05) is 6.42 Å². The zero-order chi connectivity index (χ0) is 22.1. The summed E-state index contributed by atoms with van der Waals surface area (Å²) in [6.45, 7) is -0.373. The number of hydrogen-bond acceptors (Lipinski definition) is 4. The lowest BCUT2D eigenvalue weighted by molar-refractivity contribution is -0.148. The molecule has 0 bridgehead atoms. The maximum absolute atomic E-state index is 12.9. The topological polar surface area (TPSA) is 64.6 Å². The number of carbonyl (C=O) groups is 2. The molecule has 3 aromatic carbocycles. The lowest BCUT2D eigenvalue weighted by atomic mass is 9.98. The monoisotopic (exact) mass is 421 g/mol. The number of aryl methyl sites for hydroxylation is 1. The summed E-state index contributed by atoms with van der Waals surface area (Å²) in [6, 6.07) is 22.5. The fraction of sp³-hybridized carbons (Fsp3) is 0.200. The van der Waals surface area contributed by atoms with Crippen LogP contribution in [0.5, 0.6) is 5.75 Å². The number of nitrogens with one attached hydrogen (secondary N) is 1. The van der Waals surface area contributed by atoms with Gasteiger partial charge in [0.25, 0.3) is 5.91 Å². The van der Waals surface area contributed by atoms with E-state index in [9.17, 15) is 14.0 Å². The molecule has 3 aromatic rings. The highest BCUT2D eigenvalue weighted by molar-refractivity contribution is 5.81. The molecule has 0 heterocycles. The minimum Gasteiger partial charge on any atom is -0.497 e. The first-order chi connectivity index (χ1) is 15.0. The Balaban J connectivity index is 1.57. The van der Waals surface area contributed by atoms with Crippen molar-refractivity contribution in [3.8, 4) is 5.75 Å². The van der Waals surface area contributed by atoms with Crippen molar-refractivity contribution in [1.29, 1.82) is 0 Å². The van der Waals surface area contributed by atoms with Gasteiger partial charge in [0.05, 0.1) is 13.2 Å². The van der Waals surface area contributed by atoms with Crippen molar-refractivity contribution in [3.63, 3.8) is 0 Å². The Labute approximate surface area is 180 Å². The van der Waals surface area contributed by atoms with Crippen LogP contribution in [-0.4, -0.2) is 25.6 Å². The Morgan fingerprint density at radius 2 is 1.55 bits per heavy atom. The van der Waals surface area contributed by atoms with Gasteiger partial charge in [-0.25, -0.2) is 4.39 Å². The Morgan fingerprint density at radius 1 is 0.903 bits per heavy atom. The predicted octanol–water partition coefficient (Wildman–Crippen LogP) is 4.22. The van der Waals surface area contributed by atoms with Crippen LogP contribution in [0.4, 0.5) is 4.39 Å². The summed E-state index contributed by atoms with van der Waals surface area (Å²) >= 11 is 0. The van der Waals surface area contributed by atoms with Gasteiger partial charge in [0.2, 0.25) is 0 Å². The summed E-state index contributed by atoms with van der Waals surface area (Å²) in [6.07, 6.45) is 0.527. The molecule has 0 aliphatic rings. The fourth-order valence-corrected chi connectivity index (χ4v) is 3.12. The number of hydrogen-bond donors (Lipinski definition) is 1. The lowest BCUT2D eigenvalue weighted by Crippen LogP contribution is -2.33. The molecule has 0 aliphatic carbocycles.